The highest BCUT2D eigenvalue weighted by Crippen LogP contribution is 2.04. The van der Waals surface area contributed by atoms with Gasteiger partial charge in [0, 0.05) is 25.8 Å². The minimum atomic E-state index is -0.934. The van der Waals surface area contributed by atoms with Crippen LogP contribution in [0.25, 0.3) is 0 Å². The first kappa shape index (κ1) is 13.1. The highest BCUT2D eigenvalue weighted by Gasteiger charge is 2.03. The maximum Gasteiger partial charge on any atom is 0.407 e. The quantitative estimate of drug-likeness (QED) is 0.631. The van der Waals surface area contributed by atoms with E-state index in [9.17, 15) is 9.59 Å². The van der Waals surface area contributed by atoms with Crippen molar-refractivity contribution in [3.63, 3.8) is 0 Å². The van der Waals surface area contributed by atoms with Gasteiger partial charge in [-0.15, -0.1) is 0 Å². The van der Waals surface area contributed by atoms with Crippen LogP contribution in [0.4, 0.5) is 4.79 Å². The first-order chi connectivity index (χ1) is 6.54. The van der Waals surface area contributed by atoms with Gasteiger partial charge in [-0.3, -0.25) is 4.79 Å². The van der Waals surface area contributed by atoms with Crippen molar-refractivity contribution >= 4 is 23.8 Å². The van der Waals surface area contributed by atoms with Crippen LogP contribution in [0.5, 0.6) is 0 Å². The Hall–Kier alpha value is -0.910. The lowest BCUT2D eigenvalue weighted by Crippen LogP contribution is -2.26. The van der Waals surface area contributed by atoms with Crippen molar-refractivity contribution in [2.45, 2.75) is 12.8 Å². The van der Waals surface area contributed by atoms with Crippen LogP contribution in [0.1, 0.15) is 12.8 Å². The van der Waals surface area contributed by atoms with Crippen LogP contribution < -0.4 is 0 Å². The second-order valence-electron chi connectivity index (χ2n) is 2.81. The lowest BCUT2D eigenvalue weighted by Gasteiger charge is -2.11. The largest absolute Gasteiger partial charge is 0.481 e. The van der Waals surface area contributed by atoms with Crippen molar-refractivity contribution in [3.8, 4) is 0 Å². The summed E-state index contributed by atoms with van der Waals surface area (Å²) in [4.78, 5) is 21.7. The highest BCUT2D eigenvalue weighted by molar-refractivity contribution is 7.99. The van der Waals surface area contributed by atoms with Gasteiger partial charge in [-0.1, -0.05) is 0 Å². The van der Waals surface area contributed by atoms with E-state index >= 15 is 0 Å². The van der Waals surface area contributed by atoms with Crippen LogP contribution in [0.3, 0.4) is 0 Å². The maximum atomic E-state index is 10.3. The highest BCUT2D eigenvalue weighted by atomic mass is 32.2. The van der Waals surface area contributed by atoms with Crippen molar-refractivity contribution in [1.82, 2.24) is 4.90 Å². The topological polar surface area (TPSA) is 77.8 Å². The average molecular weight is 221 g/mol. The van der Waals surface area contributed by atoms with Gasteiger partial charge in [-0.05, 0) is 12.2 Å². The molecule has 0 atom stereocenters. The lowest BCUT2D eigenvalue weighted by atomic mass is 10.3. The van der Waals surface area contributed by atoms with Crippen molar-refractivity contribution in [1.29, 1.82) is 0 Å². The number of rotatable bonds is 7. The zero-order chi connectivity index (χ0) is 11.0. The fourth-order valence-corrected chi connectivity index (χ4v) is 1.68. The van der Waals surface area contributed by atoms with Gasteiger partial charge in [0.1, 0.15) is 0 Å². The van der Waals surface area contributed by atoms with E-state index < -0.39 is 12.1 Å². The lowest BCUT2D eigenvalue weighted by molar-refractivity contribution is -0.137. The Morgan fingerprint density at radius 1 is 1.29 bits per heavy atom. The number of carboxylic acids is 1. The molecule has 0 saturated carbocycles. The zero-order valence-corrected chi connectivity index (χ0v) is 8.92. The second kappa shape index (κ2) is 7.49. The minimum Gasteiger partial charge on any atom is -0.481 e. The van der Waals surface area contributed by atoms with Crippen LogP contribution in [0, 0.1) is 0 Å². The molecule has 0 aromatic carbocycles. The fraction of sp³-hybridized carbons (Fsp3) is 0.750. The van der Waals surface area contributed by atoms with Crippen molar-refractivity contribution in [2.24, 2.45) is 0 Å². The summed E-state index contributed by atoms with van der Waals surface area (Å²) in [6.07, 6.45) is -0.116. The summed E-state index contributed by atoms with van der Waals surface area (Å²) >= 11 is 1.57. The van der Waals surface area contributed by atoms with Gasteiger partial charge in [0.05, 0.1) is 0 Å². The van der Waals surface area contributed by atoms with E-state index in [2.05, 4.69) is 0 Å². The molecular weight excluding hydrogens is 206 g/mol. The monoisotopic (exact) mass is 221 g/mol. The Labute approximate surface area is 87.1 Å². The molecule has 1 amide bonds. The predicted molar refractivity (Wildman–Crippen MR) is 54.8 cm³/mol. The molecule has 0 aliphatic heterocycles. The minimum absolute atomic E-state index is 0.182. The number of carbonyl (C=O) groups is 2. The SMILES string of the molecule is CN(CCSCCCC(=O)O)C(=O)O. The molecule has 0 aromatic heterocycles. The van der Waals surface area contributed by atoms with Crippen LogP contribution in [0.2, 0.25) is 0 Å². The summed E-state index contributed by atoms with van der Waals surface area (Å²) in [5.74, 6) is 0.690. The molecule has 0 rings (SSSR count). The molecule has 0 fully saturated rings. The Morgan fingerprint density at radius 3 is 2.43 bits per heavy atom. The van der Waals surface area contributed by atoms with Gasteiger partial charge >= 0.3 is 12.1 Å². The molecule has 5 nitrogen and oxygen atoms in total. The molecule has 0 unspecified atom stereocenters. The van der Waals surface area contributed by atoms with Crippen LogP contribution in [0.15, 0.2) is 0 Å². The Bertz CT molecular complexity index is 198. The molecule has 0 saturated heterocycles. The number of amides is 1. The maximum absolute atomic E-state index is 10.3. The van der Waals surface area contributed by atoms with Gasteiger partial charge in [-0.2, -0.15) is 11.8 Å². The van der Waals surface area contributed by atoms with E-state index in [0.29, 0.717) is 18.7 Å². The second-order valence-corrected chi connectivity index (χ2v) is 4.04. The molecule has 14 heavy (non-hydrogen) atoms. The summed E-state index contributed by atoms with van der Waals surface area (Å²) < 4.78 is 0. The molecule has 6 heteroatoms. The van der Waals surface area contributed by atoms with Gasteiger partial charge in [0.25, 0.3) is 0 Å². The third-order valence-electron chi connectivity index (χ3n) is 1.58. The van der Waals surface area contributed by atoms with E-state index in [1.165, 1.54) is 11.9 Å². The van der Waals surface area contributed by atoms with Crippen LogP contribution in [-0.2, 0) is 4.79 Å². The summed E-state index contributed by atoms with van der Waals surface area (Å²) in [7, 11) is 1.51. The van der Waals surface area contributed by atoms with E-state index in [-0.39, 0.29) is 6.42 Å². The van der Waals surface area contributed by atoms with Crippen LogP contribution >= 0.6 is 11.8 Å². The van der Waals surface area contributed by atoms with Crippen molar-refractivity contribution < 1.29 is 19.8 Å². The molecule has 0 heterocycles. The Kier molecular flexibility index (Phi) is 7.00. The molecule has 0 aliphatic carbocycles. The molecule has 0 aromatic rings. The number of hydrogen-bond acceptors (Lipinski definition) is 3. The standard InChI is InChI=1S/C8H15NO4S/c1-9(8(12)13)4-6-14-5-2-3-7(10)11/h2-6H2,1H3,(H,10,11)(H,12,13). The predicted octanol–water partition coefficient (Wildman–Crippen LogP) is 1.19. The molecule has 0 bridgehead atoms. The van der Waals surface area contributed by atoms with Gasteiger partial charge in [0.15, 0.2) is 0 Å². The van der Waals surface area contributed by atoms with Gasteiger partial charge < -0.3 is 15.1 Å². The molecule has 0 spiro atoms. The van der Waals surface area contributed by atoms with Crippen molar-refractivity contribution in [3.05, 3.63) is 0 Å². The third-order valence-corrected chi connectivity index (χ3v) is 2.63. The zero-order valence-electron chi connectivity index (χ0n) is 8.10. The summed E-state index contributed by atoms with van der Waals surface area (Å²) in [6.45, 7) is 0.479. The average Bonchev–Trinajstić information content (AvgIpc) is 2.09. The first-order valence-corrected chi connectivity index (χ1v) is 5.43. The third kappa shape index (κ3) is 7.72. The molecule has 0 radical (unpaired) electrons. The Morgan fingerprint density at radius 2 is 1.93 bits per heavy atom. The van der Waals surface area contributed by atoms with E-state index in [1.807, 2.05) is 0 Å². The van der Waals surface area contributed by atoms with Crippen LogP contribution in [-0.4, -0.2) is 52.3 Å². The van der Waals surface area contributed by atoms with Gasteiger partial charge in [-0.25, -0.2) is 4.79 Å². The number of carboxylic acid groups (broad SMARTS) is 2. The normalized spacial score (nSPS) is 9.79. The summed E-state index contributed by atoms with van der Waals surface area (Å²) in [5, 5.41) is 16.8. The summed E-state index contributed by atoms with van der Waals surface area (Å²) in [5.41, 5.74) is 0. The van der Waals surface area contributed by atoms with E-state index in [0.717, 1.165) is 5.75 Å². The molecule has 0 aliphatic rings. The summed E-state index contributed by atoms with van der Waals surface area (Å²) in [6, 6.07) is 0. The van der Waals surface area contributed by atoms with E-state index in [1.54, 1.807) is 11.8 Å². The number of nitrogens with zero attached hydrogens (tertiary/aromatic N) is 1. The fourth-order valence-electron chi connectivity index (χ4n) is 0.725. The van der Waals surface area contributed by atoms with Gasteiger partial charge in [0.2, 0.25) is 0 Å². The first-order valence-electron chi connectivity index (χ1n) is 4.27. The smallest absolute Gasteiger partial charge is 0.407 e. The Balaban J connectivity index is 3.21. The van der Waals surface area contributed by atoms with E-state index in [4.69, 9.17) is 10.2 Å². The molecule has 2 N–H and O–H groups in total. The number of thioether (sulfide) groups is 1. The molecular formula is C8H15NO4S. The van der Waals surface area contributed by atoms with Crippen molar-refractivity contribution in [2.75, 3.05) is 25.1 Å². The number of hydrogen-bond donors (Lipinski definition) is 2. The number of aliphatic carboxylic acids is 1. The molecule has 82 valence electrons.